The smallest absolute Gasteiger partial charge is 0.307 e. The van der Waals surface area contributed by atoms with E-state index in [9.17, 15) is 19.1 Å². The molecule has 2 aromatic carbocycles. The standard InChI is InChI=1S/C24H27ClFN3O3/c1-4-15(3)19(13-23(30)31)22(5-2)29(27)14-16-6-8-17(9-7-16)24(32)28-18-10-11-21(26)20(25)12-18/h6-12H,3-5,13-14,27H2,1-2H3,(H,28,32)(H,30,31)/b22-19-. The molecule has 1 amide bonds. The number of carbonyl (C=O) groups excluding carboxylic acids is 1. The quantitative estimate of drug-likeness (QED) is 0.247. The summed E-state index contributed by atoms with van der Waals surface area (Å²) in [6, 6.07) is 10.8. The van der Waals surface area contributed by atoms with Crippen LogP contribution in [0.3, 0.4) is 0 Å². The molecule has 2 aromatic rings. The number of amides is 1. The largest absolute Gasteiger partial charge is 0.481 e. The van der Waals surface area contributed by atoms with Crippen LogP contribution in [0.1, 0.15) is 49.0 Å². The van der Waals surface area contributed by atoms with Crippen LogP contribution in [0.5, 0.6) is 0 Å². The van der Waals surface area contributed by atoms with Gasteiger partial charge < -0.3 is 15.4 Å². The number of hydrogen-bond donors (Lipinski definition) is 3. The third kappa shape index (κ3) is 6.67. The molecular formula is C24H27ClFN3O3. The highest BCUT2D eigenvalue weighted by Gasteiger charge is 2.16. The van der Waals surface area contributed by atoms with E-state index in [2.05, 4.69) is 11.9 Å². The van der Waals surface area contributed by atoms with Crippen molar-refractivity contribution in [2.45, 2.75) is 39.7 Å². The number of hydrazine groups is 1. The first-order valence-corrected chi connectivity index (χ1v) is 10.5. The van der Waals surface area contributed by atoms with Gasteiger partial charge in [-0.25, -0.2) is 10.2 Å². The van der Waals surface area contributed by atoms with Crippen LogP contribution in [0.25, 0.3) is 0 Å². The summed E-state index contributed by atoms with van der Waals surface area (Å²) in [5.74, 6) is 4.42. The highest BCUT2D eigenvalue weighted by Crippen LogP contribution is 2.25. The van der Waals surface area contributed by atoms with Crippen LogP contribution in [0.4, 0.5) is 10.1 Å². The predicted octanol–water partition coefficient (Wildman–Crippen LogP) is 5.51. The molecule has 8 heteroatoms. The number of anilines is 1. The molecule has 0 bridgehead atoms. The van der Waals surface area contributed by atoms with Gasteiger partial charge >= 0.3 is 5.97 Å². The Morgan fingerprint density at radius 1 is 1.16 bits per heavy atom. The van der Waals surface area contributed by atoms with Crippen LogP contribution >= 0.6 is 11.6 Å². The molecule has 6 nitrogen and oxygen atoms in total. The Hall–Kier alpha value is -3.16. The molecule has 0 aromatic heterocycles. The second kappa shape index (κ2) is 11.5. The summed E-state index contributed by atoms with van der Waals surface area (Å²) in [5.41, 5.74) is 3.74. The van der Waals surface area contributed by atoms with Crippen LogP contribution in [-0.4, -0.2) is 22.0 Å². The molecular weight excluding hydrogens is 433 g/mol. The SMILES string of the molecule is C=C(CC)/C(CC(=O)O)=C(/CC)N(N)Cc1ccc(C(=O)Nc2ccc(F)c(Cl)c2)cc1. The average Bonchev–Trinajstić information content (AvgIpc) is 2.75. The second-order valence-electron chi connectivity index (χ2n) is 7.21. The van der Waals surface area contributed by atoms with E-state index in [4.69, 9.17) is 17.4 Å². The van der Waals surface area contributed by atoms with Gasteiger partial charge in [-0.3, -0.25) is 9.59 Å². The number of aliphatic carboxylic acids is 1. The average molecular weight is 460 g/mol. The zero-order chi connectivity index (χ0) is 23.8. The molecule has 0 radical (unpaired) electrons. The molecule has 0 aliphatic heterocycles. The molecule has 0 heterocycles. The lowest BCUT2D eigenvalue weighted by molar-refractivity contribution is -0.136. The summed E-state index contributed by atoms with van der Waals surface area (Å²) in [6.45, 7) is 8.15. The van der Waals surface area contributed by atoms with Crippen molar-refractivity contribution in [3.05, 3.63) is 87.9 Å². The summed E-state index contributed by atoms with van der Waals surface area (Å²) < 4.78 is 13.3. The lowest BCUT2D eigenvalue weighted by Crippen LogP contribution is -2.31. The second-order valence-corrected chi connectivity index (χ2v) is 7.62. The summed E-state index contributed by atoms with van der Waals surface area (Å²) in [4.78, 5) is 23.7. The van der Waals surface area contributed by atoms with Gasteiger partial charge in [-0.2, -0.15) is 0 Å². The Labute approximate surface area is 192 Å². The molecule has 4 N–H and O–H groups in total. The minimum atomic E-state index is -0.938. The van der Waals surface area contributed by atoms with Crippen molar-refractivity contribution in [3.8, 4) is 0 Å². The van der Waals surface area contributed by atoms with Gasteiger partial charge in [0.15, 0.2) is 0 Å². The highest BCUT2D eigenvalue weighted by molar-refractivity contribution is 6.31. The van der Waals surface area contributed by atoms with Gasteiger partial charge in [0, 0.05) is 16.9 Å². The van der Waals surface area contributed by atoms with Crippen molar-refractivity contribution in [2.75, 3.05) is 5.32 Å². The molecule has 0 unspecified atom stereocenters. The monoisotopic (exact) mass is 459 g/mol. The number of carboxylic acids is 1. The van der Waals surface area contributed by atoms with Gasteiger partial charge in [0.2, 0.25) is 0 Å². The summed E-state index contributed by atoms with van der Waals surface area (Å²) in [6.07, 6.45) is 1.04. The molecule has 0 atom stereocenters. The van der Waals surface area contributed by atoms with Crippen LogP contribution in [0.2, 0.25) is 5.02 Å². The van der Waals surface area contributed by atoms with E-state index in [1.165, 1.54) is 23.2 Å². The fraction of sp³-hybridized carbons (Fsp3) is 0.250. The topological polar surface area (TPSA) is 95.7 Å². The zero-order valence-corrected chi connectivity index (χ0v) is 18.9. The fourth-order valence-electron chi connectivity index (χ4n) is 3.22. The van der Waals surface area contributed by atoms with E-state index in [1.54, 1.807) is 24.3 Å². The molecule has 170 valence electrons. The van der Waals surface area contributed by atoms with Gasteiger partial charge in [0.25, 0.3) is 5.91 Å². The van der Waals surface area contributed by atoms with Gasteiger partial charge in [-0.1, -0.05) is 44.2 Å². The van der Waals surface area contributed by atoms with Crippen molar-refractivity contribution in [3.63, 3.8) is 0 Å². The Morgan fingerprint density at radius 2 is 1.81 bits per heavy atom. The molecule has 0 fully saturated rings. The Morgan fingerprint density at radius 3 is 2.34 bits per heavy atom. The molecule has 2 rings (SSSR count). The number of nitrogens with two attached hydrogens (primary N) is 1. The molecule has 0 aliphatic rings. The number of rotatable bonds is 10. The van der Waals surface area contributed by atoms with Gasteiger partial charge in [0.1, 0.15) is 5.82 Å². The zero-order valence-electron chi connectivity index (χ0n) is 18.1. The van der Waals surface area contributed by atoms with E-state index >= 15 is 0 Å². The van der Waals surface area contributed by atoms with Crippen molar-refractivity contribution in [1.82, 2.24) is 5.01 Å². The normalized spacial score (nSPS) is 11.5. The van der Waals surface area contributed by atoms with Crippen LogP contribution in [0, 0.1) is 5.82 Å². The highest BCUT2D eigenvalue weighted by atomic mass is 35.5. The van der Waals surface area contributed by atoms with Crippen LogP contribution < -0.4 is 11.2 Å². The number of hydrogen-bond acceptors (Lipinski definition) is 4. The summed E-state index contributed by atoms with van der Waals surface area (Å²) in [7, 11) is 0. The third-order valence-electron chi connectivity index (χ3n) is 4.96. The fourth-order valence-corrected chi connectivity index (χ4v) is 3.40. The number of allylic oxidation sites excluding steroid dienone is 2. The van der Waals surface area contributed by atoms with Gasteiger partial charge in [0.05, 0.1) is 18.0 Å². The van der Waals surface area contributed by atoms with Crippen molar-refractivity contribution in [2.24, 2.45) is 5.84 Å². The van der Waals surface area contributed by atoms with Gasteiger partial charge in [-0.05, 0) is 59.9 Å². The molecule has 0 aliphatic carbocycles. The number of nitrogens with one attached hydrogen (secondary N) is 1. The first-order valence-electron chi connectivity index (χ1n) is 10.2. The molecule has 0 saturated heterocycles. The lowest BCUT2D eigenvalue weighted by atomic mass is 9.98. The van der Waals surface area contributed by atoms with E-state index in [0.29, 0.717) is 41.9 Å². The maximum absolute atomic E-state index is 13.3. The van der Waals surface area contributed by atoms with E-state index in [1.807, 2.05) is 13.8 Å². The van der Waals surface area contributed by atoms with Crippen molar-refractivity contribution in [1.29, 1.82) is 0 Å². The third-order valence-corrected chi connectivity index (χ3v) is 5.25. The lowest BCUT2D eigenvalue weighted by Gasteiger charge is -2.25. The Bertz CT molecular complexity index is 1040. The number of carbonyl (C=O) groups is 2. The molecule has 0 saturated carbocycles. The van der Waals surface area contributed by atoms with Crippen molar-refractivity contribution < 1.29 is 19.1 Å². The van der Waals surface area contributed by atoms with Crippen LogP contribution in [0.15, 0.2) is 65.9 Å². The predicted molar refractivity (Wildman–Crippen MR) is 125 cm³/mol. The van der Waals surface area contributed by atoms with E-state index in [0.717, 1.165) is 11.1 Å². The first kappa shape index (κ1) is 25.1. The molecule has 32 heavy (non-hydrogen) atoms. The minimum absolute atomic E-state index is 0.0750. The van der Waals surface area contributed by atoms with E-state index in [-0.39, 0.29) is 17.4 Å². The number of carboxylic acid groups (broad SMARTS) is 1. The van der Waals surface area contributed by atoms with E-state index < -0.39 is 11.8 Å². The number of nitrogens with zero attached hydrogens (tertiary/aromatic N) is 1. The first-order chi connectivity index (χ1) is 15.2. The van der Waals surface area contributed by atoms with Crippen LogP contribution in [-0.2, 0) is 11.3 Å². The minimum Gasteiger partial charge on any atom is -0.481 e. The summed E-state index contributed by atoms with van der Waals surface area (Å²) >= 11 is 5.74. The van der Waals surface area contributed by atoms with Gasteiger partial charge in [-0.15, -0.1) is 0 Å². The molecule has 0 spiro atoms. The summed E-state index contributed by atoms with van der Waals surface area (Å²) in [5, 5.41) is 13.4. The Balaban J connectivity index is 2.15. The Kier molecular flexibility index (Phi) is 8.99. The maximum Gasteiger partial charge on any atom is 0.307 e. The van der Waals surface area contributed by atoms with Crippen molar-refractivity contribution >= 4 is 29.2 Å². The number of benzene rings is 2. The maximum atomic E-state index is 13.3. The number of halogens is 2.